The molecule has 2 heterocycles. The molecular formula is C21H22N2O4. The Morgan fingerprint density at radius 2 is 1.96 bits per heavy atom. The van der Waals surface area contributed by atoms with E-state index in [1.165, 1.54) is 0 Å². The van der Waals surface area contributed by atoms with Crippen LogP contribution in [-0.4, -0.2) is 29.8 Å². The summed E-state index contributed by atoms with van der Waals surface area (Å²) in [7, 11) is 0. The Kier molecular flexibility index (Phi) is 5.23. The molecule has 0 bridgehead atoms. The fourth-order valence-corrected chi connectivity index (χ4v) is 3.35. The minimum Gasteiger partial charge on any atom is -0.474 e. The molecule has 0 saturated heterocycles. The van der Waals surface area contributed by atoms with Crippen molar-refractivity contribution in [2.24, 2.45) is 0 Å². The molecular weight excluding hydrogens is 344 g/mol. The maximum Gasteiger partial charge on any atom is 0.244 e. The topological polar surface area (TPSA) is 69.7 Å². The maximum absolute atomic E-state index is 12.2. The number of hydrogen-bond acceptors (Lipinski definition) is 5. The zero-order valence-corrected chi connectivity index (χ0v) is 15.0. The Bertz CT molecular complexity index is 814. The summed E-state index contributed by atoms with van der Waals surface area (Å²) >= 11 is 0. The molecule has 1 aromatic carbocycles. The van der Waals surface area contributed by atoms with E-state index >= 15 is 0 Å². The Morgan fingerprint density at radius 1 is 1.11 bits per heavy atom. The van der Waals surface area contributed by atoms with Crippen LogP contribution >= 0.6 is 0 Å². The van der Waals surface area contributed by atoms with Gasteiger partial charge in [-0.25, -0.2) is 4.98 Å². The molecule has 1 fully saturated rings. The van der Waals surface area contributed by atoms with E-state index in [0.717, 1.165) is 37.0 Å². The minimum atomic E-state index is -0.0817. The molecule has 1 amide bonds. The molecule has 140 valence electrons. The molecule has 0 spiro atoms. The number of carbonyl (C=O) groups is 1. The number of hydrogen-bond donors (Lipinski definition) is 1. The van der Waals surface area contributed by atoms with Gasteiger partial charge in [0.15, 0.2) is 11.5 Å². The van der Waals surface area contributed by atoms with E-state index in [4.69, 9.17) is 14.2 Å². The summed E-state index contributed by atoms with van der Waals surface area (Å²) in [5, 5.41) is 3.07. The fourth-order valence-electron chi connectivity index (χ4n) is 3.35. The van der Waals surface area contributed by atoms with Crippen LogP contribution in [0.5, 0.6) is 17.4 Å². The highest BCUT2D eigenvalue weighted by molar-refractivity contribution is 5.92. The van der Waals surface area contributed by atoms with E-state index in [0.29, 0.717) is 11.6 Å². The monoisotopic (exact) mass is 366 g/mol. The van der Waals surface area contributed by atoms with Gasteiger partial charge >= 0.3 is 0 Å². The maximum atomic E-state index is 12.2. The Balaban J connectivity index is 1.23. The van der Waals surface area contributed by atoms with Crippen molar-refractivity contribution >= 4 is 12.0 Å². The van der Waals surface area contributed by atoms with Gasteiger partial charge in [0.2, 0.25) is 18.6 Å². The molecule has 6 heteroatoms. The van der Waals surface area contributed by atoms with E-state index in [-0.39, 0.29) is 24.8 Å². The van der Waals surface area contributed by atoms with Crippen LogP contribution in [0.2, 0.25) is 0 Å². The summed E-state index contributed by atoms with van der Waals surface area (Å²) in [4.78, 5) is 16.4. The van der Waals surface area contributed by atoms with E-state index in [2.05, 4.69) is 10.3 Å². The Morgan fingerprint density at radius 3 is 2.78 bits per heavy atom. The third-order valence-electron chi connectivity index (χ3n) is 4.77. The SMILES string of the molecule is O=C(/C=C/c1ccc2c(c1)OCO2)NC1CCC(Oc2ccccn2)CC1. The number of benzene rings is 1. The molecule has 6 nitrogen and oxygen atoms in total. The highest BCUT2D eigenvalue weighted by Gasteiger charge is 2.23. The third kappa shape index (κ3) is 4.58. The smallest absolute Gasteiger partial charge is 0.244 e. The van der Waals surface area contributed by atoms with E-state index in [1.807, 2.05) is 36.4 Å². The van der Waals surface area contributed by atoms with Crippen molar-refractivity contribution in [1.82, 2.24) is 10.3 Å². The molecule has 0 unspecified atom stereocenters. The summed E-state index contributed by atoms with van der Waals surface area (Å²) in [5.41, 5.74) is 0.905. The zero-order chi connectivity index (χ0) is 18.5. The van der Waals surface area contributed by atoms with Crippen LogP contribution in [0.4, 0.5) is 0 Å². The van der Waals surface area contributed by atoms with Crippen LogP contribution < -0.4 is 19.5 Å². The van der Waals surface area contributed by atoms with E-state index < -0.39 is 0 Å². The predicted molar refractivity (Wildman–Crippen MR) is 101 cm³/mol. The van der Waals surface area contributed by atoms with Crippen LogP contribution in [0.15, 0.2) is 48.7 Å². The first-order valence-corrected chi connectivity index (χ1v) is 9.22. The average molecular weight is 366 g/mol. The average Bonchev–Trinajstić information content (AvgIpc) is 3.17. The molecule has 2 aromatic rings. The standard InChI is InChI=1S/C21H22N2O4/c24-20(11-5-15-4-10-18-19(13-15)26-14-25-18)23-16-6-8-17(9-7-16)27-21-3-1-2-12-22-21/h1-5,10-13,16-17H,6-9,14H2,(H,23,24)/b11-5+. The van der Waals surface area contributed by atoms with E-state index in [9.17, 15) is 4.79 Å². The second kappa shape index (κ2) is 8.12. The van der Waals surface area contributed by atoms with Gasteiger partial charge in [0.05, 0.1) is 0 Å². The van der Waals surface area contributed by atoms with Gasteiger partial charge in [0.25, 0.3) is 0 Å². The first-order valence-electron chi connectivity index (χ1n) is 9.22. The van der Waals surface area contributed by atoms with Gasteiger partial charge in [-0.3, -0.25) is 4.79 Å². The van der Waals surface area contributed by atoms with Gasteiger partial charge in [0, 0.05) is 24.4 Å². The Hall–Kier alpha value is -3.02. The molecule has 0 radical (unpaired) electrons. The van der Waals surface area contributed by atoms with Gasteiger partial charge < -0.3 is 19.5 Å². The summed E-state index contributed by atoms with van der Waals surface area (Å²) in [6, 6.07) is 11.5. The molecule has 1 aromatic heterocycles. The summed E-state index contributed by atoms with van der Waals surface area (Å²) in [6.45, 7) is 0.246. The van der Waals surface area contributed by atoms with E-state index in [1.54, 1.807) is 18.3 Å². The Labute approximate surface area is 158 Å². The number of aromatic nitrogens is 1. The largest absolute Gasteiger partial charge is 0.474 e. The quantitative estimate of drug-likeness (QED) is 0.822. The summed E-state index contributed by atoms with van der Waals surface area (Å²) < 4.78 is 16.5. The summed E-state index contributed by atoms with van der Waals surface area (Å²) in [5.74, 6) is 2.03. The number of carbonyl (C=O) groups excluding carboxylic acids is 1. The van der Waals surface area contributed by atoms with Gasteiger partial charge in [-0.1, -0.05) is 12.1 Å². The normalized spacial score (nSPS) is 21.2. The lowest BCUT2D eigenvalue weighted by Gasteiger charge is -2.28. The number of fused-ring (bicyclic) bond motifs is 1. The first kappa shape index (κ1) is 17.4. The lowest BCUT2D eigenvalue weighted by molar-refractivity contribution is -0.117. The van der Waals surface area contributed by atoms with Gasteiger partial charge in [-0.05, 0) is 55.5 Å². The van der Waals surface area contributed by atoms with Gasteiger partial charge in [0.1, 0.15) is 6.10 Å². The highest BCUT2D eigenvalue weighted by atomic mass is 16.7. The number of amides is 1. The molecule has 1 saturated carbocycles. The highest BCUT2D eigenvalue weighted by Crippen LogP contribution is 2.32. The lowest BCUT2D eigenvalue weighted by atomic mass is 9.93. The predicted octanol–water partition coefficient (Wildman–Crippen LogP) is 3.33. The first-order chi connectivity index (χ1) is 13.3. The molecule has 4 rings (SSSR count). The zero-order valence-electron chi connectivity index (χ0n) is 15.0. The van der Waals surface area contributed by atoms with Gasteiger partial charge in [-0.2, -0.15) is 0 Å². The van der Waals surface area contributed by atoms with Crippen molar-refractivity contribution in [3.63, 3.8) is 0 Å². The molecule has 0 atom stereocenters. The number of pyridine rings is 1. The lowest BCUT2D eigenvalue weighted by Crippen LogP contribution is -2.39. The molecule has 1 aliphatic carbocycles. The van der Waals surface area contributed by atoms with Crippen molar-refractivity contribution in [1.29, 1.82) is 0 Å². The molecule has 1 aliphatic heterocycles. The van der Waals surface area contributed by atoms with Gasteiger partial charge in [-0.15, -0.1) is 0 Å². The van der Waals surface area contributed by atoms with Crippen LogP contribution in [0, 0.1) is 0 Å². The second-order valence-corrected chi connectivity index (χ2v) is 6.71. The second-order valence-electron chi connectivity index (χ2n) is 6.71. The molecule has 1 N–H and O–H groups in total. The third-order valence-corrected chi connectivity index (χ3v) is 4.77. The van der Waals surface area contributed by atoms with Crippen molar-refractivity contribution in [2.45, 2.75) is 37.8 Å². The number of rotatable bonds is 5. The van der Waals surface area contributed by atoms with Crippen molar-refractivity contribution in [2.75, 3.05) is 6.79 Å². The number of nitrogens with zero attached hydrogens (tertiary/aromatic N) is 1. The van der Waals surface area contributed by atoms with Crippen molar-refractivity contribution in [3.8, 4) is 17.4 Å². The summed E-state index contributed by atoms with van der Waals surface area (Å²) in [6.07, 6.45) is 8.87. The van der Waals surface area contributed by atoms with Crippen LogP contribution in [0.25, 0.3) is 6.08 Å². The number of nitrogens with one attached hydrogen (secondary N) is 1. The van der Waals surface area contributed by atoms with Crippen molar-refractivity contribution < 1.29 is 19.0 Å². The van der Waals surface area contributed by atoms with Crippen LogP contribution in [0.1, 0.15) is 31.2 Å². The minimum absolute atomic E-state index is 0.0817. The molecule has 27 heavy (non-hydrogen) atoms. The van der Waals surface area contributed by atoms with Crippen LogP contribution in [0.3, 0.4) is 0 Å². The van der Waals surface area contributed by atoms with Crippen LogP contribution in [-0.2, 0) is 4.79 Å². The number of ether oxygens (including phenoxy) is 3. The van der Waals surface area contributed by atoms with Crippen molar-refractivity contribution in [3.05, 3.63) is 54.2 Å². The fraction of sp³-hybridized carbons (Fsp3) is 0.333. The molecule has 2 aliphatic rings.